The van der Waals surface area contributed by atoms with Gasteiger partial charge in [-0.25, -0.2) is 0 Å². The molecular weight excluding hydrogens is 419 g/mol. The van der Waals surface area contributed by atoms with Crippen LogP contribution < -0.4 is 0 Å². The molecule has 0 saturated carbocycles. The van der Waals surface area contributed by atoms with Crippen LogP contribution in [-0.4, -0.2) is 13.0 Å². The highest BCUT2D eigenvalue weighted by Gasteiger charge is 2.10. The van der Waals surface area contributed by atoms with Gasteiger partial charge in [0.05, 0.1) is 4.90 Å². The average molecular weight is 429 g/mol. The zero-order chi connectivity index (χ0) is 13.3. The number of halogens is 3. The Morgan fingerprint density at radius 1 is 0.947 bits per heavy atom. The summed E-state index contributed by atoms with van der Waals surface area (Å²) in [6.45, 7) is 0. The topological polar surface area (TPSA) is 54.4 Å². The van der Waals surface area contributed by atoms with Crippen LogP contribution in [0, 0.1) is 0 Å². The average Bonchev–Trinajstić information content (AvgIpc) is 2.31. The molecule has 19 heavy (non-hydrogen) atoms. The normalized spacial score (nSPS) is 10.9. The third-order valence-corrected chi connectivity index (χ3v) is 4.44. The lowest BCUT2D eigenvalue weighted by Crippen LogP contribution is -1.97. The first-order valence-corrected chi connectivity index (χ1v) is 7.93. The molecule has 0 atom stereocenters. The number of hydrogen-bond acceptors (Lipinski definition) is 2. The quantitative estimate of drug-likeness (QED) is 0.714. The Labute approximate surface area is 134 Å². The van der Waals surface area contributed by atoms with Crippen molar-refractivity contribution >= 4 is 54.4 Å². The monoisotopic (exact) mass is 426 g/mol. The van der Waals surface area contributed by atoms with Crippen molar-refractivity contribution in [2.75, 3.05) is 0 Å². The summed E-state index contributed by atoms with van der Waals surface area (Å²) in [7, 11) is -4.14. The molecule has 0 radical (unpaired) electrons. The minimum atomic E-state index is -4.14. The molecule has 3 nitrogen and oxygen atoms in total. The van der Waals surface area contributed by atoms with Crippen molar-refractivity contribution in [2.24, 2.45) is 0 Å². The standard InChI is InChI=1S/C12H8Br2O3S.ClH/c13-9-3-6-12(14)11(7-9)8-1-4-10(5-2-8)18(15,16)17;/h1-7H,(H,15,16,17);1H. The largest absolute Gasteiger partial charge is 0.294 e. The van der Waals surface area contributed by atoms with Crippen LogP contribution in [0.25, 0.3) is 11.1 Å². The van der Waals surface area contributed by atoms with Crippen LogP contribution in [0.15, 0.2) is 56.3 Å². The lowest BCUT2D eigenvalue weighted by Gasteiger charge is -2.06. The predicted octanol–water partition coefficient (Wildman–Crippen LogP) is 4.55. The van der Waals surface area contributed by atoms with Gasteiger partial charge in [-0.1, -0.05) is 44.0 Å². The van der Waals surface area contributed by atoms with E-state index in [0.29, 0.717) is 0 Å². The van der Waals surface area contributed by atoms with Crippen molar-refractivity contribution in [3.8, 4) is 11.1 Å². The van der Waals surface area contributed by atoms with Crippen LogP contribution in [0.4, 0.5) is 0 Å². The fourth-order valence-electron chi connectivity index (χ4n) is 1.53. The van der Waals surface area contributed by atoms with Crippen LogP contribution in [0.2, 0.25) is 0 Å². The molecule has 1 N–H and O–H groups in total. The maximum Gasteiger partial charge on any atom is 0.294 e. The van der Waals surface area contributed by atoms with Gasteiger partial charge in [0.1, 0.15) is 0 Å². The lowest BCUT2D eigenvalue weighted by atomic mass is 10.1. The highest BCUT2D eigenvalue weighted by Crippen LogP contribution is 2.31. The molecule has 0 fully saturated rings. The SMILES string of the molecule is Cl.O=S(=O)(O)c1ccc(-c2cc(Br)ccc2Br)cc1. The first-order chi connectivity index (χ1) is 8.38. The fraction of sp³-hybridized carbons (Fsp3) is 0. The van der Waals surface area contributed by atoms with E-state index in [1.807, 2.05) is 18.2 Å². The molecule has 102 valence electrons. The van der Waals surface area contributed by atoms with Gasteiger partial charge in [0.15, 0.2) is 0 Å². The smallest absolute Gasteiger partial charge is 0.282 e. The maximum atomic E-state index is 10.9. The van der Waals surface area contributed by atoms with E-state index in [2.05, 4.69) is 31.9 Å². The minimum Gasteiger partial charge on any atom is -0.282 e. The minimum absolute atomic E-state index is 0. The Balaban J connectivity index is 0.00000180. The van der Waals surface area contributed by atoms with Gasteiger partial charge in [-0.2, -0.15) is 8.42 Å². The van der Waals surface area contributed by atoms with Gasteiger partial charge in [0.25, 0.3) is 10.1 Å². The number of hydrogen-bond donors (Lipinski definition) is 1. The van der Waals surface area contributed by atoms with Crippen LogP contribution >= 0.6 is 44.3 Å². The molecule has 0 aliphatic rings. The van der Waals surface area contributed by atoms with Crippen molar-refractivity contribution in [1.82, 2.24) is 0 Å². The van der Waals surface area contributed by atoms with Crippen LogP contribution in [0.5, 0.6) is 0 Å². The first kappa shape index (κ1) is 16.7. The molecule has 2 aromatic rings. The van der Waals surface area contributed by atoms with Crippen molar-refractivity contribution < 1.29 is 13.0 Å². The number of rotatable bonds is 2. The van der Waals surface area contributed by atoms with E-state index < -0.39 is 10.1 Å². The Morgan fingerprint density at radius 2 is 1.53 bits per heavy atom. The fourth-order valence-corrected chi connectivity index (χ4v) is 2.84. The van der Waals surface area contributed by atoms with E-state index in [9.17, 15) is 8.42 Å². The van der Waals surface area contributed by atoms with Crippen molar-refractivity contribution in [3.63, 3.8) is 0 Å². The lowest BCUT2D eigenvalue weighted by molar-refractivity contribution is 0.483. The zero-order valence-electron chi connectivity index (χ0n) is 9.38. The van der Waals surface area contributed by atoms with Gasteiger partial charge in [-0.3, -0.25) is 4.55 Å². The molecule has 0 spiro atoms. The third-order valence-electron chi connectivity index (χ3n) is 2.39. The summed E-state index contributed by atoms with van der Waals surface area (Å²) in [5, 5.41) is 0. The van der Waals surface area contributed by atoms with E-state index in [4.69, 9.17) is 4.55 Å². The van der Waals surface area contributed by atoms with Gasteiger partial charge in [-0.15, -0.1) is 12.4 Å². The summed E-state index contributed by atoms with van der Waals surface area (Å²) in [5.41, 5.74) is 1.79. The molecule has 0 aliphatic heterocycles. The summed E-state index contributed by atoms with van der Waals surface area (Å²) in [6.07, 6.45) is 0. The summed E-state index contributed by atoms with van der Waals surface area (Å²) < 4.78 is 32.6. The van der Waals surface area contributed by atoms with Crippen molar-refractivity contribution in [3.05, 3.63) is 51.4 Å². The van der Waals surface area contributed by atoms with Crippen LogP contribution in [0.3, 0.4) is 0 Å². The molecule has 7 heteroatoms. The van der Waals surface area contributed by atoms with Crippen molar-refractivity contribution in [1.29, 1.82) is 0 Å². The van der Waals surface area contributed by atoms with E-state index >= 15 is 0 Å². The zero-order valence-corrected chi connectivity index (χ0v) is 14.2. The molecule has 2 rings (SSSR count). The van der Waals surface area contributed by atoms with E-state index in [1.54, 1.807) is 12.1 Å². The molecule has 0 aliphatic carbocycles. The highest BCUT2D eigenvalue weighted by atomic mass is 79.9. The third kappa shape index (κ3) is 4.03. The maximum absolute atomic E-state index is 10.9. The van der Waals surface area contributed by atoms with Gasteiger partial charge >= 0.3 is 0 Å². The second-order valence-electron chi connectivity index (χ2n) is 3.62. The second-order valence-corrected chi connectivity index (χ2v) is 6.82. The Morgan fingerprint density at radius 3 is 2.05 bits per heavy atom. The highest BCUT2D eigenvalue weighted by molar-refractivity contribution is 9.11. The molecule has 2 aromatic carbocycles. The van der Waals surface area contributed by atoms with E-state index in [-0.39, 0.29) is 17.3 Å². The number of benzene rings is 2. The van der Waals surface area contributed by atoms with E-state index in [1.165, 1.54) is 12.1 Å². The summed E-state index contributed by atoms with van der Waals surface area (Å²) in [5.74, 6) is 0. The van der Waals surface area contributed by atoms with Crippen LogP contribution in [-0.2, 0) is 10.1 Å². The molecule has 0 heterocycles. The molecule has 0 unspecified atom stereocenters. The second kappa shape index (κ2) is 6.37. The summed E-state index contributed by atoms with van der Waals surface area (Å²) in [4.78, 5) is -0.114. The van der Waals surface area contributed by atoms with E-state index in [0.717, 1.165) is 20.1 Å². The Hall–Kier alpha value is -0.400. The molecule has 0 aromatic heterocycles. The summed E-state index contributed by atoms with van der Waals surface area (Å²) >= 11 is 6.82. The predicted molar refractivity (Wildman–Crippen MR) is 84.3 cm³/mol. The van der Waals surface area contributed by atoms with Crippen LogP contribution in [0.1, 0.15) is 0 Å². The van der Waals surface area contributed by atoms with Gasteiger partial charge < -0.3 is 0 Å². The van der Waals surface area contributed by atoms with Crippen molar-refractivity contribution in [2.45, 2.75) is 4.90 Å². The molecule has 0 amide bonds. The van der Waals surface area contributed by atoms with Gasteiger partial charge in [0.2, 0.25) is 0 Å². The molecular formula is C12H9Br2ClO3S. The first-order valence-electron chi connectivity index (χ1n) is 4.91. The Bertz CT molecular complexity index is 685. The Kier molecular flexibility index (Phi) is 5.58. The summed E-state index contributed by atoms with van der Waals surface area (Å²) in [6, 6.07) is 11.8. The molecule has 0 saturated heterocycles. The molecule has 0 bridgehead atoms. The van der Waals surface area contributed by atoms with Gasteiger partial charge in [-0.05, 0) is 41.5 Å². The van der Waals surface area contributed by atoms with Gasteiger partial charge in [0, 0.05) is 8.95 Å².